The van der Waals surface area contributed by atoms with E-state index >= 15 is 0 Å². The zero-order valence-electron chi connectivity index (χ0n) is 8.24. The summed E-state index contributed by atoms with van der Waals surface area (Å²) < 4.78 is 4.62. The van der Waals surface area contributed by atoms with Gasteiger partial charge in [-0.05, 0) is 30.7 Å². The summed E-state index contributed by atoms with van der Waals surface area (Å²) in [5.41, 5.74) is 0.685. The Labute approximate surface area is 92.9 Å². The Hall–Kier alpha value is -1.48. The van der Waals surface area contributed by atoms with Crippen LogP contribution >= 0.6 is 11.6 Å². The number of carbonyl (C=O) groups is 1. The van der Waals surface area contributed by atoms with Crippen molar-refractivity contribution in [2.24, 2.45) is 0 Å². The molecule has 0 amide bonds. The molecule has 0 saturated heterocycles. The molecule has 4 heteroatoms. The van der Waals surface area contributed by atoms with Gasteiger partial charge in [0.15, 0.2) is 0 Å². The van der Waals surface area contributed by atoms with E-state index in [4.69, 9.17) is 11.6 Å². The molecule has 0 heterocycles. The monoisotopic (exact) mass is 226 g/mol. The lowest BCUT2D eigenvalue weighted by atomic mass is 10.2. The molecule has 0 bridgehead atoms. The summed E-state index contributed by atoms with van der Waals surface area (Å²) in [6.07, 6.45) is 1.33. The Balaban J connectivity index is 2.78. The van der Waals surface area contributed by atoms with Crippen LogP contribution in [0.3, 0.4) is 0 Å². The lowest BCUT2D eigenvalue weighted by molar-refractivity contribution is -0.141. The Bertz CT molecular complexity index is 368. The minimum Gasteiger partial charge on any atom is -0.502 e. The maximum absolute atomic E-state index is 11.0. The van der Waals surface area contributed by atoms with E-state index in [1.165, 1.54) is 6.08 Å². The Kier molecular flexibility index (Phi) is 4.18. The molecule has 3 nitrogen and oxygen atoms in total. The quantitative estimate of drug-likeness (QED) is 0.490. The first-order chi connectivity index (χ1) is 7.13. The lowest BCUT2D eigenvalue weighted by Gasteiger charge is -2.00. The van der Waals surface area contributed by atoms with E-state index in [2.05, 4.69) is 4.74 Å². The fourth-order valence-electron chi connectivity index (χ4n) is 0.981. The van der Waals surface area contributed by atoms with Crippen LogP contribution in [0.2, 0.25) is 5.02 Å². The van der Waals surface area contributed by atoms with Gasteiger partial charge in [0.2, 0.25) is 5.76 Å². The van der Waals surface area contributed by atoms with Crippen LogP contribution in [0.5, 0.6) is 0 Å². The molecule has 0 aromatic heterocycles. The van der Waals surface area contributed by atoms with E-state index < -0.39 is 11.7 Å². The van der Waals surface area contributed by atoms with Crippen molar-refractivity contribution in [1.29, 1.82) is 0 Å². The van der Waals surface area contributed by atoms with Gasteiger partial charge in [-0.1, -0.05) is 23.7 Å². The van der Waals surface area contributed by atoms with Gasteiger partial charge < -0.3 is 9.84 Å². The van der Waals surface area contributed by atoms with Crippen molar-refractivity contribution >= 4 is 23.6 Å². The minimum absolute atomic E-state index is 0.233. The van der Waals surface area contributed by atoms with Gasteiger partial charge in [-0.25, -0.2) is 4.79 Å². The highest BCUT2D eigenvalue weighted by Crippen LogP contribution is 2.12. The second-order valence-corrected chi connectivity index (χ2v) is 3.24. The molecular formula is C11H11ClO3. The summed E-state index contributed by atoms with van der Waals surface area (Å²) >= 11 is 5.69. The van der Waals surface area contributed by atoms with E-state index in [9.17, 15) is 9.90 Å². The molecule has 0 aliphatic rings. The zero-order valence-corrected chi connectivity index (χ0v) is 8.99. The smallest absolute Gasteiger partial charge is 0.373 e. The predicted molar refractivity (Wildman–Crippen MR) is 58.7 cm³/mol. The number of benzene rings is 1. The third-order valence-corrected chi connectivity index (χ3v) is 1.91. The largest absolute Gasteiger partial charge is 0.502 e. The van der Waals surface area contributed by atoms with Crippen LogP contribution in [-0.4, -0.2) is 17.7 Å². The topological polar surface area (TPSA) is 46.5 Å². The van der Waals surface area contributed by atoms with Crippen LogP contribution in [0.1, 0.15) is 12.5 Å². The van der Waals surface area contributed by atoms with E-state index in [0.29, 0.717) is 10.6 Å². The number of hydrogen-bond acceptors (Lipinski definition) is 3. The van der Waals surface area contributed by atoms with Gasteiger partial charge in [-0.15, -0.1) is 0 Å². The Morgan fingerprint density at radius 3 is 2.60 bits per heavy atom. The maximum Gasteiger partial charge on any atom is 0.373 e. The van der Waals surface area contributed by atoms with Crippen LogP contribution in [0, 0.1) is 0 Å². The summed E-state index contributed by atoms with van der Waals surface area (Å²) in [6.45, 7) is 1.91. The van der Waals surface area contributed by atoms with E-state index in [1.54, 1.807) is 31.2 Å². The number of aliphatic hydroxyl groups is 1. The van der Waals surface area contributed by atoms with Gasteiger partial charge in [0.1, 0.15) is 0 Å². The lowest BCUT2D eigenvalue weighted by Crippen LogP contribution is -2.06. The third kappa shape index (κ3) is 3.64. The van der Waals surface area contributed by atoms with Crippen molar-refractivity contribution in [2.45, 2.75) is 6.92 Å². The van der Waals surface area contributed by atoms with Gasteiger partial charge in [-0.2, -0.15) is 0 Å². The van der Waals surface area contributed by atoms with Crippen molar-refractivity contribution in [3.05, 3.63) is 40.6 Å². The van der Waals surface area contributed by atoms with Crippen molar-refractivity contribution in [1.82, 2.24) is 0 Å². The molecule has 15 heavy (non-hydrogen) atoms. The second kappa shape index (κ2) is 5.41. The molecule has 80 valence electrons. The van der Waals surface area contributed by atoms with E-state index in [0.717, 1.165) is 0 Å². The number of aliphatic hydroxyl groups excluding tert-OH is 1. The molecule has 0 fully saturated rings. The molecule has 0 radical (unpaired) electrons. The van der Waals surface area contributed by atoms with Crippen LogP contribution in [0.4, 0.5) is 0 Å². The van der Waals surface area contributed by atoms with Gasteiger partial charge in [-0.3, -0.25) is 0 Å². The highest BCUT2D eigenvalue weighted by molar-refractivity contribution is 6.30. The standard InChI is InChI=1S/C11H11ClO3/c1-2-15-11(14)10(13)7-8-3-5-9(12)6-4-8/h3-7,13H,2H2,1H3. The molecule has 0 saturated carbocycles. The number of hydrogen-bond donors (Lipinski definition) is 1. The Morgan fingerprint density at radius 1 is 1.47 bits per heavy atom. The van der Waals surface area contributed by atoms with Crippen LogP contribution < -0.4 is 0 Å². The number of halogens is 1. The van der Waals surface area contributed by atoms with Crippen molar-refractivity contribution in [3.63, 3.8) is 0 Å². The highest BCUT2D eigenvalue weighted by Gasteiger charge is 2.07. The molecule has 0 unspecified atom stereocenters. The molecule has 1 aromatic rings. The molecule has 1 aromatic carbocycles. The average molecular weight is 227 g/mol. The molecule has 1 rings (SSSR count). The fourth-order valence-corrected chi connectivity index (χ4v) is 1.11. The highest BCUT2D eigenvalue weighted by atomic mass is 35.5. The summed E-state index contributed by atoms with van der Waals surface area (Å²) in [6, 6.07) is 6.73. The zero-order chi connectivity index (χ0) is 11.3. The summed E-state index contributed by atoms with van der Waals surface area (Å²) in [5, 5.41) is 9.92. The van der Waals surface area contributed by atoms with Gasteiger partial charge in [0.05, 0.1) is 6.61 Å². The second-order valence-electron chi connectivity index (χ2n) is 2.80. The number of ether oxygens (including phenoxy) is 1. The van der Waals surface area contributed by atoms with Crippen molar-refractivity contribution in [2.75, 3.05) is 6.61 Å². The first-order valence-corrected chi connectivity index (χ1v) is 4.84. The molecule has 0 spiro atoms. The summed E-state index contributed by atoms with van der Waals surface area (Å²) in [7, 11) is 0. The van der Waals surface area contributed by atoms with Crippen molar-refractivity contribution in [3.8, 4) is 0 Å². The van der Waals surface area contributed by atoms with E-state index in [-0.39, 0.29) is 6.61 Å². The summed E-state index contributed by atoms with van der Waals surface area (Å²) in [5.74, 6) is -1.15. The number of esters is 1. The maximum atomic E-state index is 11.0. The minimum atomic E-state index is -0.729. The van der Waals surface area contributed by atoms with Crippen molar-refractivity contribution < 1.29 is 14.6 Å². The molecular weight excluding hydrogens is 216 g/mol. The van der Waals surface area contributed by atoms with Crippen LogP contribution in [-0.2, 0) is 9.53 Å². The normalized spacial score (nSPS) is 11.2. The number of carbonyl (C=O) groups excluding carboxylic acids is 1. The average Bonchev–Trinajstić information content (AvgIpc) is 2.22. The first-order valence-electron chi connectivity index (χ1n) is 4.47. The number of rotatable bonds is 3. The predicted octanol–water partition coefficient (Wildman–Crippen LogP) is 2.80. The SMILES string of the molecule is CCOC(=O)C(O)=Cc1ccc(Cl)cc1. The van der Waals surface area contributed by atoms with E-state index in [1.807, 2.05) is 0 Å². The molecule has 0 aliphatic heterocycles. The molecule has 0 aliphatic carbocycles. The van der Waals surface area contributed by atoms with Crippen LogP contribution in [0.15, 0.2) is 30.0 Å². The molecule has 1 N–H and O–H groups in total. The first kappa shape index (κ1) is 11.6. The van der Waals surface area contributed by atoms with Crippen LogP contribution in [0.25, 0.3) is 6.08 Å². The van der Waals surface area contributed by atoms with Gasteiger partial charge in [0.25, 0.3) is 0 Å². The van der Waals surface area contributed by atoms with Gasteiger partial charge >= 0.3 is 5.97 Å². The third-order valence-electron chi connectivity index (χ3n) is 1.66. The summed E-state index contributed by atoms with van der Waals surface area (Å²) in [4.78, 5) is 11.0. The van der Waals surface area contributed by atoms with Gasteiger partial charge in [0, 0.05) is 5.02 Å². The fraction of sp³-hybridized carbons (Fsp3) is 0.182. The Morgan fingerprint density at radius 2 is 2.07 bits per heavy atom. The molecule has 0 atom stereocenters.